The fraction of sp³-hybridized carbons (Fsp3) is 0.366. The molecule has 0 fully saturated rings. The normalized spacial score (nSPS) is 11.5. The molecule has 0 nitrogen and oxygen atoms in total. The van der Waals surface area contributed by atoms with E-state index in [4.69, 9.17) is 0 Å². The molecule has 1 unspecified atom stereocenters. The summed E-state index contributed by atoms with van der Waals surface area (Å²) in [5, 5.41) is 2.33. The van der Waals surface area contributed by atoms with Crippen molar-refractivity contribution in [2.45, 2.75) is 95.9 Å². The maximum Gasteiger partial charge on any atom is -0.00258 e. The lowest BCUT2D eigenvalue weighted by atomic mass is 9.96. The van der Waals surface area contributed by atoms with E-state index in [1.165, 1.54) is 61.7 Å². The Morgan fingerprint density at radius 1 is 0.780 bits per heavy atom. The van der Waals surface area contributed by atoms with E-state index in [1.54, 1.807) is 0 Å². The fourth-order valence-electron chi connectivity index (χ4n) is 3.78. The van der Waals surface area contributed by atoms with Crippen LogP contribution in [0.15, 0.2) is 102 Å². The van der Waals surface area contributed by atoms with Gasteiger partial charge in [-0.05, 0) is 118 Å². The predicted octanol–water partition coefficient (Wildman–Crippen LogP) is 11.0. The lowest BCUT2D eigenvalue weighted by molar-refractivity contribution is 0.655. The van der Waals surface area contributed by atoms with Crippen LogP contribution in [-0.4, -0.2) is 0 Å². The van der Waals surface area contributed by atoms with E-state index >= 15 is 0 Å². The van der Waals surface area contributed by atoms with Crippen molar-refractivity contribution >= 4 is 12.7 Å². The molecular formula is C41H58. The van der Waals surface area contributed by atoms with E-state index in [1.807, 2.05) is 27.7 Å². The van der Waals surface area contributed by atoms with Crippen LogP contribution in [0.4, 0.5) is 0 Å². The molecule has 0 aliphatic heterocycles. The lowest BCUT2D eigenvalue weighted by Crippen LogP contribution is -2.24. The Bertz CT molecular complexity index is 1340. The zero-order valence-corrected chi connectivity index (χ0v) is 28.4. The zero-order chi connectivity index (χ0) is 31.5. The maximum atomic E-state index is 4.19. The first-order chi connectivity index (χ1) is 19.3. The largest absolute Gasteiger partial charge is 0.100 e. The Morgan fingerprint density at radius 2 is 1.27 bits per heavy atom. The second-order valence-corrected chi connectivity index (χ2v) is 11.3. The average molecular weight is 551 g/mol. The molecule has 1 atom stereocenters. The summed E-state index contributed by atoms with van der Waals surface area (Å²) in [5.74, 6) is 0.631. The summed E-state index contributed by atoms with van der Waals surface area (Å²) in [7, 11) is 0. The average Bonchev–Trinajstić information content (AvgIpc) is 2.93. The maximum absolute atomic E-state index is 4.19. The molecule has 0 bridgehead atoms. The molecule has 0 saturated heterocycles. The SMILES string of the molecule is C=C(C)C.C=c1cc(C)c(C)c/c1=C/C(/C=C(/C)C(C)CC)=C(C)C.CC.Cc1ccc(Cc2ccccc2)cc1. The van der Waals surface area contributed by atoms with Crippen LogP contribution >= 0.6 is 0 Å². The van der Waals surface area contributed by atoms with E-state index in [-0.39, 0.29) is 0 Å². The number of benzene rings is 3. The highest BCUT2D eigenvalue weighted by atomic mass is 14.1. The second-order valence-electron chi connectivity index (χ2n) is 11.3. The Labute approximate surface area is 254 Å². The van der Waals surface area contributed by atoms with E-state index < -0.39 is 0 Å². The third-order valence-electron chi connectivity index (χ3n) is 6.79. The molecule has 41 heavy (non-hydrogen) atoms. The van der Waals surface area contributed by atoms with Gasteiger partial charge in [-0.3, -0.25) is 0 Å². The molecule has 3 aromatic rings. The topological polar surface area (TPSA) is 0 Å². The Balaban J connectivity index is 0.000000685. The van der Waals surface area contributed by atoms with Crippen molar-refractivity contribution in [1.82, 2.24) is 0 Å². The van der Waals surface area contributed by atoms with Crippen LogP contribution in [0.2, 0.25) is 0 Å². The number of hydrogen-bond acceptors (Lipinski definition) is 0. The van der Waals surface area contributed by atoms with Crippen LogP contribution < -0.4 is 10.4 Å². The smallest absolute Gasteiger partial charge is 0.00258 e. The molecule has 0 aliphatic rings. The van der Waals surface area contributed by atoms with Gasteiger partial charge in [-0.1, -0.05) is 129 Å². The monoisotopic (exact) mass is 550 g/mol. The summed E-state index contributed by atoms with van der Waals surface area (Å²) in [4.78, 5) is 0. The molecule has 0 spiro atoms. The molecule has 0 heteroatoms. The van der Waals surface area contributed by atoms with Crippen molar-refractivity contribution in [3.05, 3.63) is 140 Å². The second kappa shape index (κ2) is 20.5. The van der Waals surface area contributed by atoms with E-state index in [0.717, 1.165) is 11.6 Å². The van der Waals surface area contributed by atoms with Gasteiger partial charge in [-0.15, -0.1) is 6.58 Å². The molecular weight excluding hydrogens is 492 g/mol. The van der Waals surface area contributed by atoms with Crippen LogP contribution in [0, 0.1) is 26.7 Å². The molecule has 0 saturated carbocycles. The predicted molar refractivity (Wildman–Crippen MR) is 189 cm³/mol. The van der Waals surface area contributed by atoms with E-state index in [9.17, 15) is 0 Å². The first-order valence-corrected chi connectivity index (χ1v) is 15.2. The highest BCUT2D eigenvalue weighted by Gasteiger charge is 2.03. The number of allylic oxidation sites excluding steroid dienone is 5. The molecule has 0 aliphatic carbocycles. The van der Waals surface area contributed by atoms with Gasteiger partial charge >= 0.3 is 0 Å². The van der Waals surface area contributed by atoms with Crippen molar-refractivity contribution in [2.75, 3.05) is 0 Å². The first-order valence-electron chi connectivity index (χ1n) is 15.2. The van der Waals surface area contributed by atoms with Gasteiger partial charge in [0.1, 0.15) is 0 Å². The molecule has 222 valence electrons. The zero-order valence-electron chi connectivity index (χ0n) is 28.4. The van der Waals surface area contributed by atoms with Gasteiger partial charge in [0.15, 0.2) is 0 Å². The summed E-state index contributed by atoms with van der Waals surface area (Å²) in [6.07, 6.45) is 6.82. The third-order valence-corrected chi connectivity index (χ3v) is 6.79. The molecule has 0 aromatic heterocycles. The number of aryl methyl sites for hydroxylation is 3. The summed E-state index contributed by atoms with van der Waals surface area (Å²) in [6, 6.07) is 23.7. The van der Waals surface area contributed by atoms with E-state index in [2.05, 4.69) is 147 Å². The van der Waals surface area contributed by atoms with E-state index in [0.29, 0.717) is 5.92 Å². The van der Waals surface area contributed by atoms with Crippen LogP contribution in [0.25, 0.3) is 12.7 Å². The Kier molecular flexibility index (Phi) is 18.8. The Hall–Kier alpha value is -3.38. The number of hydrogen-bond donors (Lipinski definition) is 0. The van der Waals surface area contributed by atoms with Crippen LogP contribution in [0.3, 0.4) is 0 Å². The molecule has 0 N–H and O–H groups in total. The van der Waals surface area contributed by atoms with Crippen LogP contribution in [0.1, 0.15) is 96.6 Å². The molecule has 0 amide bonds. The molecule has 3 aromatic carbocycles. The highest BCUT2D eigenvalue weighted by molar-refractivity contribution is 5.56. The van der Waals surface area contributed by atoms with Gasteiger partial charge in [0, 0.05) is 0 Å². The minimum Gasteiger partial charge on any atom is -0.100 e. The van der Waals surface area contributed by atoms with Gasteiger partial charge in [0.05, 0.1) is 0 Å². The van der Waals surface area contributed by atoms with Gasteiger partial charge in [-0.25, -0.2) is 0 Å². The standard InChI is InChI=1S/C21H30.C14H14.C4H8.C2H6/c1-9-15(4)17(6)11-20(14(2)3)13-21-12-18(7)16(5)10-19(21)8;1-12-7-9-14(10-8-12)11-13-5-3-2-4-6-13;1-4(2)3;1-2/h10-13,15H,8-9H2,1-7H3;2-10H,11H2,1H3;1H2,2-3H3;1-2H3/b17-11-,21-13-;;;. The molecule has 3 rings (SSSR count). The third kappa shape index (κ3) is 15.9. The van der Waals surface area contributed by atoms with Crippen LogP contribution in [0.5, 0.6) is 0 Å². The quantitative estimate of drug-likeness (QED) is 0.211. The summed E-state index contributed by atoms with van der Waals surface area (Å²) in [6.45, 7) is 33.2. The summed E-state index contributed by atoms with van der Waals surface area (Å²) in [5.41, 5.74) is 12.0. The van der Waals surface area contributed by atoms with Crippen molar-refractivity contribution in [3.63, 3.8) is 0 Å². The summed E-state index contributed by atoms with van der Waals surface area (Å²) >= 11 is 0. The summed E-state index contributed by atoms with van der Waals surface area (Å²) < 4.78 is 0. The van der Waals surface area contributed by atoms with Gasteiger partial charge < -0.3 is 0 Å². The minimum absolute atomic E-state index is 0.631. The lowest BCUT2D eigenvalue weighted by Gasteiger charge is -2.10. The van der Waals surface area contributed by atoms with Gasteiger partial charge in [0.25, 0.3) is 0 Å². The van der Waals surface area contributed by atoms with Crippen molar-refractivity contribution < 1.29 is 0 Å². The molecule has 0 radical (unpaired) electrons. The van der Waals surface area contributed by atoms with Crippen LogP contribution in [-0.2, 0) is 6.42 Å². The number of rotatable bonds is 6. The van der Waals surface area contributed by atoms with Gasteiger partial charge in [-0.2, -0.15) is 0 Å². The van der Waals surface area contributed by atoms with Crippen molar-refractivity contribution in [3.8, 4) is 0 Å². The van der Waals surface area contributed by atoms with Crippen molar-refractivity contribution in [1.29, 1.82) is 0 Å². The Morgan fingerprint density at radius 3 is 1.76 bits per heavy atom. The molecule has 0 heterocycles. The first kappa shape index (κ1) is 37.6. The highest BCUT2D eigenvalue weighted by Crippen LogP contribution is 2.18. The van der Waals surface area contributed by atoms with Gasteiger partial charge in [0.2, 0.25) is 0 Å². The fourth-order valence-corrected chi connectivity index (χ4v) is 3.78. The van der Waals surface area contributed by atoms with Crippen molar-refractivity contribution in [2.24, 2.45) is 5.92 Å². The minimum atomic E-state index is 0.631.